The van der Waals surface area contributed by atoms with Gasteiger partial charge < -0.3 is 13.9 Å². The Kier molecular flexibility index (Phi) is 4.41. The first-order valence-corrected chi connectivity index (χ1v) is 8.46. The van der Waals surface area contributed by atoms with Crippen LogP contribution in [0.1, 0.15) is 5.56 Å². The van der Waals surface area contributed by atoms with Crippen molar-refractivity contribution in [1.82, 2.24) is 0 Å². The maximum atomic E-state index is 12.0. The maximum Gasteiger partial charge on any atom is 0.336 e. The van der Waals surface area contributed by atoms with Gasteiger partial charge in [0, 0.05) is 17.0 Å². The summed E-state index contributed by atoms with van der Waals surface area (Å²) < 4.78 is 16.1. The summed E-state index contributed by atoms with van der Waals surface area (Å²) in [5.74, 6) is 0.447. The summed E-state index contributed by atoms with van der Waals surface area (Å²) in [4.78, 5) is 22.8. The average Bonchev–Trinajstić information content (AvgIpc) is 2.71. The van der Waals surface area contributed by atoms with Crippen molar-refractivity contribution in [2.45, 2.75) is 6.61 Å². The first-order chi connectivity index (χ1) is 13.6. The Morgan fingerprint density at radius 3 is 2.68 bits per heavy atom. The van der Waals surface area contributed by atoms with Gasteiger partial charge in [0.05, 0.1) is 18.1 Å². The number of rotatable bonds is 5. The Morgan fingerprint density at radius 2 is 1.89 bits per heavy atom. The first kappa shape index (κ1) is 17.5. The van der Waals surface area contributed by atoms with Gasteiger partial charge in [0.15, 0.2) is 5.75 Å². The Labute approximate surface area is 158 Å². The fourth-order valence-corrected chi connectivity index (χ4v) is 3.18. The highest BCUT2D eigenvalue weighted by atomic mass is 16.6. The summed E-state index contributed by atoms with van der Waals surface area (Å²) in [6.45, 7) is -0.0245. The second-order valence-corrected chi connectivity index (χ2v) is 6.13. The molecule has 0 saturated heterocycles. The molecule has 0 aliphatic rings. The molecule has 0 spiro atoms. The van der Waals surface area contributed by atoms with Crippen LogP contribution in [0.3, 0.4) is 0 Å². The molecular weight excluding hydrogens is 362 g/mol. The van der Waals surface area contributed by atoms with Gasteiger partial charge in [-0.3, -0.25) is 10.1 Å². The summed E-state index contributed by atoms with van der Waals surface area (Å²) in [5, 5.41) is 14.0. The predicted molar refractivity (Wildman–Crippen MR) is 104 cm³/mol. The van der Waals surface area contributed by atoms with E-state index in [9.17, 15) is 14.9 Å². The topological polar surface area (TPSA) is 91.8 Å². The van der Waals surface area contributed by atoms with Crippen LogP contribution in [0.15, 0.2) is 69.9 Å². The van der Waals surface area contributed by atoms with E-state index in [0.717, 1.165) is 16.2 Å². The quantitative estimate of drug-likeness (QED) is 0.221. The van der Waals surface area contributed by atoms with Crippen molar-refractivity contribution in [3.05, 3.63) is 86.8 Å². The molecule has 0 amide bonds. The average molecular weight is 377 g/mol. The molecule has 0 radical (unpaired) electrons. The third-order valence-electron chi connectivity index (χ3n) is 4.46. The number of nitro benzene ring substituents is 1. The van der Waals surface area contributed by atoms with E-state index in [1.807, 2.05) is 30.3 Å². The Balaban J connectivity index is 1.80. The lowest BCUT2D eigenvalue weighted by Crippen LogP contribution is -2.05. The van der Waals surface area contributed by atoms with Crippen molar-refractivity contribution in [3.8, 4) is 11.5 Å². The van der Waals surface area contributed by atoms with E-state index < -0.39 is 10.5 Å². The summed E-state index contributed by atoms with van der Waals surface area (Å²) >= 11 is 0. The van der Waals surface area contributed by atoms with Gasteiger partial charge >= 0.3 is 11.3 Å². The fourth-order valence-electron chi connectivity index (χ4n) is 3.18. The summed E-state index contributed by atoms with van der Waals surface area (Å²) in [7, 11) is 1.43. The number of ether oxygens (including phenoxy) is 2. The molecule has 0 saturated carbocycles. The predicted octanol–water partition coefficient (Wildman–Crippen LogP) is 4.44. The van der Waals surface area contributed by atoms with Gasteiger partial charge in [-0.05, 0) is 29.0 Å². The van der Waals surface area contributed by atoms with Crippen molar-refractivity contribution >= 4 is 27.4 Å². The van der Waals surface area contributed by atoms with Gasteiger partial charge in [0.25, 0.3) is 0 Å². The van der Waals surface area contributed by atoms with Gasteiger partial charge in [0.1, 0.15) is 17.9 Å². The molecule has 0 atom stereocenters. The zero-order chi connectivity index (χ0) is 19.7. The van der Waals surface area contributed by atoms with Gasteiger partial charge in [-0.25, -0.2) is 4.79 Å². The number of fused-ring (bicyclic) bond motifs is 3. The van der Waals surface area contributed by atoms with Crippen LogP contribution in [0, 0.1) is 10.1 Å². The smallest absolute Gasteiger partial charge is 0.336 e. The minimum atomic E-state index is -0.537. The molecule has 0 aliphatic heterocycles. The highest BCUT2D eigenvalue weighted by Crippen LogP contribution is 2.33. The number of hydrogen-bond donors (Lipinski definition) is 0. The van der Waals surface area contributed by atoms with Gasteiger partial charge in [-0.1, -0.05) is 30.3 Å². The molecule has 0 aliphatic carbocycles. The lowest BCUT2D eigenvalue weighted by Gasteiger charge is -2.11. The van der Waals surface area contributed by atoms with E-state index in [2.05, 4.69) is 0 Å². The highest BCUT2D eigenvalue weighted by molar-refractivity contribution is 6.07. The van der Waals surface area contributed by atoms with Crippen molar-refractivity contribution in [3.63, 3.8) is 0 Å². The second-order valence-electron chi connectivity index (χ2n) is 6.13. The second kappa shape index (κ2) is 7.03. The molecule has 4 aromatic rings. The van der Waals surface area contributed by atoms with Crippen molar-refractivity contribution in [1.29, 1.82) is 0 Å². The third-order valence-corrected chi connectivity index (χ3v) is 4.46. The summed E-state index contributed by atoms with van der Waals surface area (Å²) in [6.07, 6.45) is 0. The molecule has 1 heterocycles. The Bertz CT molecular complexity index is 1260. The van der Waals surface area contributed by atoms with Crippen LogP contribution >= 0.6 is 0 Å². The molecule has 7 nitrogen and oxygen atoms in total. The van der Waals surface area contributed by atoms with E-state index in [0.29, 0.717) is 16.9 Å². The summed E-state index contributed by atoms with van der Waals surface area (Å²) in [5.41, 5.74) is 0.310. The minimum Gasteiger partial charge on any atom is -0.496 e. The van der Waals surface area contributed by atoms with Crippen LogP contribution in [0.25, 0.3) is 21.7 Å². The zero-order valence-electron chi connectivity index (χ0n) is 14.9. The van der Waals surface area contributed by atoms with Crippen LogP contribution in [-0.2, 0) is 6.61 Å². The lowest BCUT2D eigenvalue weighted by molar-refractivity contribution is -0.386. The normalized spacial score (nSPS) is 10.9. The first-order valence-electron chi connectivity index (χ1n) is 8.46. The van der Waals surface area contributed by atoms with Gasteiger partial charge in [-0.2, -0.15) is 0 Å². The number of methoxy groups -OCH3 is 1. The lowest BCUT2D eigenvalue weighted by atomic mass is 10.0. The molecule has 3 aromatic carbocycles. The molecule has 1 aromatic heterocycles. The number of benzene rings is 3. The van der Waals surface area contributed by atoms with Crippen LogP contribution in [0.4, 0.5) is 5.69 Å². The number of nitro groups is 1. The van der Waals surface area contributed by atoms with E-state index in [-0.39, 0.29) is 18.0 Å². The van der Waals surface area contributed by atoms with Crippen LogP contribution in [-0.4, -0.2) is 12.0 Å². The van der Waals surface area contributed by atoms with E-state index in [4.69, 9.17) is 13.9 Å². The largest absolute Gasteiger partial charge is 0.496 e. The molecule has 0 N–H and O–H groups in total. The molecule has 4 rings (SSSR count). The molecule has 0 bridgehead atoms. The van der Waals surface area contributed by atoms with E-state index in [1.54, 1.807) is 12.1 Å². The van der Waals surface area contributed by atoms with Crippen LogP contribution in [0.5, 0.6) is 11.5 Å². The summed E-state index contributed by atoms with van der Waals surface area (Å²) in [6, 6.07) is 17.0. The molecule has 140 valence electrons. The molecule has 28 heavy (non-hydrogen) atoms. The van der Waals surface area contributed by atoms with E-state index >= 15 is 0 Å². The fraction of sp³-hybridized carbons (Fsp3) is 0.0952. The Morgan fingerprint density at radius 1 is 1.07 bits per heavy atom. The molecule has 7 heteroatoms. The van der Waals surface area contributed by atoms with Crippen molar-refractivity contribution < 1.29 is 18.8 Å². The number of hydrogen-bond acceptors (Lipinski definition) is 6. The monoisotopic (exact) mass is 377 g/mol. The van der Waals surface area contributed by atoms with E-state index in [1.165, 1.54) is 25.3 Å². The maximum absolute atomic E-state index is 12.0. The third kappa shape index (κ3) is 3.14. The number of nitrogens with zero attached hydrogens (tertiary/aromatic N) is 1. The van der Waals surface area contributed by atoms with Gasteiger partial charge in [0.2, 0.25) is 0 Å². The van der Waals surface area contributed by atoms with Crippen LogP contribution < -0.4 is 15.1 Å². The SMILES string of the molecule is COc1ccc(OCc2cc(=O)oc3ccc4ccccc4c23)c([N+](=O)[O-])c1. The van der Waals surface area contributed by atoms with Crippen molar-refractivity contribution in [2.75, 3.05) is 7.11 Å². The van der Waals surface area contributed by atoms with Crippen LogP contribution in [0.2, 0.25) is 0 Å². The highest BCUT2D eigenvalue weighted by Gasteiger charge is 2.18. The Hall–Kier alpha value is -3.87. The molecule has 0 unspecified atom stereocenters. The molecule has 0 fully saturated rings. The minimum absolute atomic E-state index is 0.0245. The zero-order valence-corrected chi connectivity index (χ0v) is 14.9. The van der Waals surface area contributed by atoms with Gasteiger partial charge in [-0.15, -0.1) is 0 Å². The standard InChI is InChI=1S/C21H15NO6/c1-26-15-7-9-18(17(11-15)22(24)25)27-12-14-10-20(23)28-19-8-6-13-4-2-3-5-16(13)21(14)19/h2-11H,12H2,1H3. The van der Waals surface area contributed by atoms with Crippen molar-refractivity contribution in [2.24, 2.45) is 0 Å². The molecular formula is C21H15NO6.